The van der Waals surface area contributed by atoms with E-state index >= 15 is 0 Å². The Morgan fingerprint density at radius 2 is 2.00 bits per heavy atom. The zero-order valence-corrected chi connectivity index (χ0v) is 9.46. The van der Waals surface area contributed by atoms with E-state index in [4.69, 9.17) is 9.47 Å². The van der Waals surface area contributed by atoms with E-state index in [-0.39, 0.29) is 5.60 Å². The Hall–Kier alpha value is -0.0800. The Balaban J connectivity index is 2.14. The van der Waals surface area contributed by atoms with Crippen LogP contribution in [0.25, 0.3) is 0 Å². The maximum Gasteiger partial charge on any atom is 0.0598 e. The summed E-state index contributed by atoms with van der Waals surface area (Å²) in [5.74, 6) is 1.46. The molecule has 0 aliphatic heterocycles. The third-order valence-electron chi connectivity index (χ3n) is 2.68. The highest BCUT2D eigenvalue weighted by atomic mass is 16.5. The van der Waals surface area contributed by atoms with Gasteiger partial charge in [0.25, 0.3) is 0 Å². The molecule has 3 atom stereocenters. The summed E-state index contributed by atoms with van der Waals surface area (Å²) in [6, 6.07) is 0. The first-order valence-corrected chi connectivity index (χ1v) is 5.11. The molecule has 13 heavy (non-hydrogen) atoms. The zero-order valence-electron chi connectivity index (χ0n) is 9.46. The van der Waals surface area contributed by atoms with Crippen LogP contribution in [0.2, 0.25) is 0 Å². The molecule has 78 valence electrons. The highest BCUT2D eigenvalue weighted by Crippen LogP contribution is 2.42. The Kier molecular flexibility index (Phi) is 3.36. The summed E-state index contributed by atoms with van der Waals surface area (Å²) in [5, 5.41) is 0. The maximum absolute atomic E-state index is 5.72. The minimum Gasteiger partial charge on any atom is -0.381 e. The molecule has 0 aromatic rings. The van der Waals surface area contributed by atoms with Gasteiger partial charge in [-0.15, -0.1) is 0 Å². The molecule has 2 heteroatoms. The van der Waals surface area contributed by atoms with E-state index in [1.165, 1.54) is 6.42 Å². The minimum absolute atomic E-state index is 0.00342. The average Bonchev–Trinajstić information content (AvgIpc) is 2.77. The van der Waals surface area contributed by atoms with Crippen LogP contribution < -0.4 is 0 Å². The second-order valence-corrected chi connectivity index (χ2v) is 5.02. The first-order chi connectivity index (χ1) is 5.94. The molecule has 2 nitrogen and oxygen atoms in total. The lowest BCUT2D eigenvalue weighted by Crippen LogP contribution is -2.21. The molecule has 1 aliphatic carbocycles. The van der Waals surface area contributed by atoms with Gasteiger partial charge in [-0.3, -0.25) is 0 Å². The summed E-state index contributed by atoms with van der Waals surface area (Å²) in [7, 11) is 1.78. The summed E-state index contributed by atoms with van der Waals surface area (Å²) in [4.78, 5) is 0. The fraction of sp³-hybridized carbons (Fsp3) is 1.00. The normalized spacial score (nSPS) is 30.2. The monoisotopic (exact) mass is 186 g/mol. The van der Waals surface area contributed by atoms with Gasteiger partial charge < -0.3 is 9.47 Å². The van der Waals surface area contributed by atoms with Crippen LogP contribution in [0.1, 0.15) is 34.1 Å². The van der Waals surface area contributed by atoms with Gasteiger partial charge in [-0.05, 0) is 46.0 Å². The van der Waals surface area contributed by atoms with Gasteiger partial charge in [0.15, 0.2) is 0 Å². The van der Waals surface area contributed by atoms with Gasteiger partial charge >= 0.3 is 0 Å². The maximum atomic E-state index is 5.72. The van der Waals surface area contributed by atoms with Crippen molar-refractivity contribution in [1.29, 1.82) is 0 Å². The first-order valence-electron chi connectivity index (χ1n) is 5.11. The lowest BCUT2D eigenvalue weighted by Gasteiger charge is -2.19. The Morgan fingerprint density at radius 1 is 1.38 bits per heavy atom. The number of hydrogen-bond donors (Lipinski definition) is 0. The van der Waals surface area contributed by atoms with E-state index in [1.54, 1.807) is 7.11 Å². The molecule has 0 saturated heterocycles. The molecule has 1 saturated carbocycles. The minimum atomic E-state index is 0.00342. The van der Waals surface area contributed by atoms with Crippen LogP contribution in [-0.2, 0) is 9.47 Å². The summed E-state index contributed by atoms with van der Waals surface area (Å²) >= 11 is 0. The third kappa shape index (κ3) is 3.65. The van der Waals surface area contributed by atoms with E-state index in [2.05, 4.69) is 27.7 Å². The SMILES string of the molecule is COC(C)C1CC1COC(C)(C)C. The Bertz CT molecular complexity index is 160. The van der Waals surface area contributed by atoms with Gasteiger partial charge in [0.2, 0.25) is 0 Å². The van der Waals surface area contributed by atoms with Crippen molar-refractivity contribution in [2.75, 3.05) is 13.7 Å². The van der Waals surface area contributed by atoms with Crippen LogP contribution in [0, 0.1) is 11.8 Å². The zero-order chi connectivity index (χ0) is 10.1. The molecule has 0 N–H and O–H groups in total. The fourth-order valence-electron chi connectivity index (χ4n) is 1.57. The van der Waals surface area contributed by atoms with Crippen molar-refractivity contribution in [2.24, 2.45) is 11.8 Å². The fourth-order valence-corrected chi connectivity index (χ4v) is 1.57. The predicted molar refractivity (Wildman–Crippen MR) is 53.8 cm³/mol. The van der Waals surface area contributed by atoms with Crippen LogP contribution in [0.3, 0.4) is 0 Å². The number of rotatable bonds is 4. The lowest BCUT2D eigenvalue weighted by atomic mass is 10.2. The molecule has 1 fully saturated rings. The Labute approximate surface area is 81.6 Å². The molecule has 0 aromatic heterocycles. The Morgan fingerprint density at radius 3 is 2.46 bits per heavy atom. The van der Waals surface area contributed by atoms with Crippen molar-refractivity contribution in [2.45, 2.75) is 45.8 Å². The molecular formula is C11H22O2. The number of methoxy groups -OCH3 is 1. The van der Waals surface area contributed by atoms with Crippen molar-refractivity contribution < 1.29 is 9.47 Å². The van der Waals surface area contributed by atoms with Crippen LogP contribution in [0.4, 0.5) is 0 Å². The van der Waals surface area contributed by atoms with Crippen LogP contribution in [-0.4, -0.2) is 25.4 Å². The van der Waals surface area contributed by atoms with Crippen LogP contribution in [0.15, 0.2) is 0 Å². The van der Waals surface area contributed by atoms with Gasteiger partial charge in [0, 0.05) is 7.11 Å². The van der Waals surface area contributed by atoms with E-state index in [0.29, 0.717) is 6.10 Å². The van der Waals surface area contributed by atoms with Crippen molar-refractivity contribution >= 4 is 0 Å². The molecule has 3 unspecified atom stereocenters. The lowest BCUT2D eigenvalue weighted by molar-refractivity contribution is -0.0148. The second-order valence-electron chi connectivity index (χ2n) is 5.02. The second kappa shape index (κ2) is 3.97. The molecule has 0 bridgehead atoms. The number of ether oxygens (including phenoxy) is 2. The molecule has 0 radical (unpaired) electrons. The van der Waals surface area contributed by atoms with E-state index in [9.17, 15) is 0 Å². The van der Waals surface area contributed by atoms with Crippen molar-refractivity contribution in [3.63, 3.8) is 0 Å². The molecule has 1 aliphatic rings. The smallest absolute Gasteiger partial charge is 0.0598 e. The summed E-state index contributed by atoms with van der Waals surface area (Å²) < 4.78 is 11.0. The highest BCUT2D eigenvalue weighted by Gasteiger charge is 2.41. The molecule has 0 aromatic carbocycles. The predicted octanol–water partition coefficient (Wildman–Crippen LogP) is 2.47. The molecule has 0 amide bonds. The van der Waals surface area contributed by atoms with E-state index in [1.807, 2.05) is 0 Å². The summed E-state index contributed by atoms with van der Waals surface area (Å²) in [5.41, 5.74) is 0.00342. The average molecular weight is 186 g/mol. The first kappa shape index (κ1) is 11.0. The molecular weight excluding hydrogens is 164 g/mol. The molecule has 0 heterocycles. The van der Waals surface area contributed by atoms with Gasteiger partial charge in [0.1, 0.15) is 0 Å². The topological polar surface area (TPSA) is 18.5 Å². The number of hydrogen-bond acceptors (Lipinski definition) is 2. The molecule has 1 rings (SSSR count). The van der Waals surface area contributed by atoms with Gasteiger partial charge in [-0.1, -0.05) is 0 Å². The van der Waals surface area contributed by atoms with Crippen LogP contribution >= 0.6 is 0 Å². The van der Waals surface area contributed by atoms with Crippen molar-refractivity contribution in [3.05, 3.63) is 0 Å². The van der Waals surface area contributed by atoms with Gasteiger partial charge in [-0.25, -0.2) is 0 Å². The quantitative estimate of drug-likeness (QED) is 0.671. The van der Waals surface area contributed by atoms with Gasteiger partial charge in [-0.2, -0.15) is 0 Å². The van der Waals surface area contributed by atoms with Crippen molar-refractivity contribution in [3.8, 4) is 0 Å². The van der Waals surface area contributed by atoms with Crippen LogP contribution in [0.5, 0.6) is 0 Å². The third-order valence-corrected chi connectivity index (χ3v) is 2.68. The summed E-state index contributed by atoms with van der Waals surface area (Å²) in [6.07, 6.45) is 1.67. The highest BCUT2D eigenvalue weighted by molar-refractivity contribution is 4.90. The summed E-state index contributed by atoms with van der Waals surface area (Å²) in [6.45, 7) is 9.34. The standard InChI is InChI=1S/C11H22O2/c1-8(12-5)10-6-9(10)7-13-11(2,3)4/h8-10H,6-7H2,1-5H3. The van der Waals surface area contributed by atoms with Gasteiger partial charge in [0.05, 0.1) is 18.3 Å². The van der Waals surface area contributed by atoms with E-state index < -0.39 is 0 Å². The largest absolute Gasteiger partial charge is 0.381 e. The van der Waals surface area contributed by atoms with Crippen molar-refractivity contribution in [1.82, 2.24) is 0 Å². The molecule has 0 spiro atoms. The van der Waals surface area contributed by atoms with E-state index in [0.717, 1.165) is 18.4 Å².